The van der Waals surface area contributed by atoms with Gasteiger partial charge in [0.15, 0.2) is 0 Å². The second-order valence-corrected chi connectivity index (χ2v) is 4.45. The molecule has 0 unspecified atom stereocenters. The molecule has 0 atom stereocenters. The number of carbonyl (C=O) groups is 1. The summed E-state index contributed by atoms with van der Waals surface area (Å²) in [6, 6.07) is 6.83. The molecule has 6 heteroatoms. The molecule has 0 amide bonds. The van der Waals surface area contributed by atoms with Crippen molar-refractivity contribution in [2.24, 2.45) is 0 Å². The smallest absolute Gasteiger partial charge is 0.338 e. The SMILES string of the molecule is CCOC(=O)c1ccc(Oc2ncc(Br)cn2)cc1. The number of halogens is 1. The average Bonchev–Trinajstić information content (AvgIpc) is 2.42. The molecule has 0 aliphatic carbocycles. The summed E-state index contributed by atoms with van der Waals surface area (Å²) in [6.45, 7) is 2.12. The first-order valence-corrected chi connectivity index (χ1v) is 6.41. The van der Waals surface area contributed by atoms with Gasteiger partial charge in [0.2, 0.25) is 0 Å². The van der Waals surface area contributed by atoms with Crippen molar-refractivity contribution >= 4 is 21.9 Å². The Kier molecular flexibility index (Phi) is 4.46. The molecule has 2 aromatic rings. The first kappa shape index (κ1) is 13.5. The molecule has 0 saturated carbocycles. The minimum Gasteiger partial charge on any atom is -0.462 e. The summed E-state index contributed by atoms with van der Waals surface area (Å²) in [5.74, 6) is 0.198. The van der Waals surface area contributed by atoms with Gasteiger partial charge in [-0.3, -0.25) is 0 Å². The van der Waals surface area contributed by atoms with Crippen LogP contribution in [0.25, 0.3) is 0 Å². The van der Waals surface area contributed by atoms with Gasteiger partial charge in [-0.2, -0.15) is 0 Å². The summed E-state index contributed by atoms with van der Waals surface area (Å²) in [5, 5.41) is 0. The zero-order valence-corrected chi connectivity index (χ0v) is 11.8. The minimum absolute atomic E-state index is 0.243. The molecule has 0 radical (unpaired) electrons. The zero-order valence-electron chi connectivity index (χ0n) is 10.2. The molecule has 0 N–H and O–H groups in total. The fourth-order valence-electron chi connectivity index (χ4n) is 1.33. The third kappa shape index (κ3) is 3.75. The molecule has 5 nitrogen and oxygen atoms in total. The summed E-state index contributed by atoms with van der Waals surface area (Å²) in [6.07, 6.45) is 3.19. The molecule has 0 aliphatic heterocycles. The van der Waals surface area contributed by atoms with Crippen molar-refractivity contribution in [1.29, 1.82) is 0 Å². The molecule has 2 rings (SSSR count). The number of rotatable bonds is 4. The van der Waals surface area contributed by atoms with Gasteiger partial charge >= 0.3 is 12.0 Å². The van der Waals surface area contributed by atoms with Crippen LogP contribution in [0.3, 0.4) is 0 Å². The van der Waals surface area contributed by atoms with Gasteiger partial charge in [-0.25, -0.2) is 14.8 Å². The topological polar surface area (TPSA) is 61.3 Å². The van der Waals surface area contributed by atoms with E-state index in [4.69, 9.17) is 9.47 Å². The standard InChI is InChI=1S/C13H11BrN2O3/c1-2-18-12(17)9-3-5-11(6-4-9)19-13-15-7-10(14)8-16-13/h3-8H,2H2,1H3. The first-order valence-electron chi connectivity index (χ1n) is 5.61. The van der Waals surface area contributed by atoms with Gasteiger partial charge in [0.25, 0.3) is 0 Å². The molecule has 1 heterocycles. The largest absolute Gasteiger partial charge is 0.462 e. The highest BCUT2D eigenvalue weighted by atomic mass is 79.9. The lowest BCUT2D eigenvalue weighted by Crippen LogP contribution is -2.04. The molecule has 1 aromatic heterocycles. The molecule has 0 spiro atoms. The van der Waals surface area contributed by atoms with E-state index in [9.17, 15) is 4.79 Å². The van der Waals surface area contributed by atoms with Gasteiger partial charge in [-0.1, -0.05) is 0 Å². The monoisotopic (exact) mass is 322 g/mol. The fourth-order valence-corrected chi connectivity index (χ4v) is 1.54. The Balaban J connectivity index is 2.06. The molecule has 98 valence electrons. The molecular weight excluding hydrogens is 312 g/mol. The van der Waals surface area contributed by atoms with E-state index in [0.29, 0.717) is 17.9 Å². The summed E-state index contributed by atoms with van der Waals surface area (Å²) < 4.78 is 11.1. The van der Waals surface area contributed by atoms with Crippen molar-refractivity contribution in [2.45, 2.75) is 6.92 Å². The maximum atomic E-state index is 11.5. The summed E-state index contributed by atoms with van der Waals surface area (Å²) in [4.78, 5) is 19.4. The number of benzene rings is 1. The van der Waals surface area contributed by atoms with Gasteiger partial charge < -0.3 is 9.47 Å². The van der Waals surface area contributed by atoms with Crippen LogP contribution in [-0.2, 0) is 4.74 Å². The number of esters is 1. The van der Waals surface area contributed by atoms with Crippen LogP contribution in [-0.4, -0.2) is 22.5 Å². The highest BCUT2D eigenvalue weighted by molar-refractivity contribution is 9.10. The Morgan fingerprint density at radius 2 is 1.84 bits per heavy atom. The Morgan fingerprint density at radius 3 is 2.42 bits per heavy atom. The fraction of sp³-hybridized carbons (Fsp3) is 0.154. The number of aromatic nitrogens is 2. The quantitative estimate of drug-likeness (QED) is 0.809. The van der Waals surface area contributed by atoms with E-state index in [-0.39, 0.29) is 12.0 Å². The average molecular weight is 323 g/mol. The van der Waals surface area contributed by atoms with Crippen LogP contribution < -0.4 is 4.74 Å². The van der Waals surface area contributed by atoms with Crippen molar-refractivity contribution in [2.75, 3.05) is 6.61 Å². The lowest BCUT2D eigenvalue weighted by atomic mass is 10.2. The molecule has 0 aliphatic rings. The van der Waals surface area contributed by atoms with Crippen LogP contribution in [0.4, 0.5) is 0 Å². The summed E-state index contributed by atoms with van der Waals surface area (Å²) in [5.41, 5.74) is 0.478. The van der Waals surface area contributed by atoms with Crippen molar-refractivity contribution in [3.8, 4) is 11.8 Å². The summed E-state index contributed by atoms with van der Waals surface area (Å²) in [7, 11) is 0. The molecule has 1 aromatic carbocycles. The normalized spacial score (nSPS) is 10.0. The predicted molar refractivity (Wildman–Crippen MR) is 72.2 cm³/mol. The van der Waals surface area contributed by atoms with Gasteiger partial charge in [0.05, 0.1) is 16.6 Å². The van der Waals surface area contributed by atoms with Crippen LogP contribution in [0.15, 0.2) is 41.1 Å². The molecular formula is C13H11BrN2O3. The van der Waals surface area contributed by atoms with Gasteiger partial charge in [-0.15, -0.1) is 0 Å². The van der Waals surface area contributed by atoms with Crippen LogP contribution in [0.1, 0.15) is 17.3 Å². The van der Waals surface area contributed by atoms with E-state index < -0.39 is 0 Å². The lowest BCUT2D eigenvalue weighted by molar-refractivity contribution is 0.0526. The highest BCUT2D eigenvalue weighted by Gasteiger charge is 2.06. The van der Waals surface area contributed by atoms with Crippen LogP contribution in [0, 0.1) is 0 Å². The Bertz CT molecular complexity index is 555. The van der Waals surface area contributed by atoms with E-state index in [1.165, 1.54) is 0 Å². The number of carbonyl (C=O) groups excluding carboxylic acids is 1. The summed E-state index contributed by atoms with van der Waals surface area (Å²) >= 11 is 3.24. The lowest BCUT2D eigenvalue weighted by Gasteiger charge is -2.05. The van der Waals surface area contributed by atoms with Crippen molar-refractivity contribution < 1.29 is 14.3 Å². The number of hydrogen-bond donors (Lipinski definition) is 0. The van der Waals surface area contributed by atoms with Gasteiger partial charge in [0, 0.05) is 12.4 Å². The third-order valence-corrected chi connectivity index (χ3v) is 2.58. The highest BCUT2D eigenvalue weighted by Crippen LogP contribution is 2.19. The Hall–Kier alpha value is -1.95. The zero-order chi connectivity index (χ0) is 13.7. The Morgan fingerprint density at radius 1 is 1.21 bits per heavy atom. The molecule has 19 heavy (non-hydrogen) atoms. The first-order chi connectivity index (χ1) is 9.19. The van der Waals surface area contributed by atoms with Crippen LogP contribution >= 0.6 is 15.9 Å². The van der Waals surface area contributed by atoms with E-state index >= 15 is 0 Å². The second-order valence-electron chi connectivity index (χ2n) is 3.53. The second kappa shape index (κ2) is 6.29. The van der Waals surface area contributed by atoms with E-state index in [0.717, 1.165) is 4.47 Å². The molecule has 0 bridgehead atoms. The predicted octanol–water partition coefficient (Wildman–Crippen LogP) is 3.21. The van der Waals surface area contributed by atoms with Crippen LogP contribution in [0.2, 0.25) is 0 Å². The van der Waals surface area contributed by atoms with Crippen molar-refractivity contribution in [1.82, 2.24) is 9.97 Å². The number of hydrogen-bond acceptors (Lipinski definition) is 5. The van der Waals surface area contributed by atoms with E-state index in [1.54, 1.807) is 43.6 Å². The van der Waals surface area contributed by atoms with E-state index in [2.05, 4.69) is 25.9 Å². The number of nitrogens with zero attached hydrogens (tertiary/aromatic N) is 2. The molecule has 0 saturated heterocycles. The van der Waals surface area contributed by atoms with Gasteiger partial charge in [-0.05, 0) is 47.1 Å². The van der Waals surface area contributed by atoms with E-state index in [1.807, 2.05) is 0 Å². The molecule has 0 fully saturated rings. The van der Waals surface area contributed by atoms with Crippen LogP contribution in [0.5, 0.6) is 11.8 Å². The number of ether oxygens (including phenoxy) is 2. The maximum absolute atomic E-state index is 11.5. The Labute approximate surface area is 118 Å². The third-order valence-electron chi connectivity index (χ3n) is 2.17. The van der Waals surface area contributed by atoms with Crippen molar-refractivity contribution in [3.05, 3.63) is 46.7 Å². The van der Waals surface area contributed by atoms with Crippen molar-refractivity contribution in [3.63, 3.8) is 0 Å². The maximum Gasteiger partial charge on any atom is 0.338 e. The minimum atomic E-state index is -0.353. The van der Waals surface area contributed by atoms with Gasteiger partial charge in [0.1, 0.15) is 5.75 Å².